The summed E-state index contributed by atoms with van der Waals surface area (Å²) < 4.78 is 13.4. The number of nitrogens with one attached hydrogen (secondary N) is 1. The quantitative estimate of drug-likeness (QED) is 0.242. The van der Waals surface area contributed by atoms with E-state index in [1.807, 2.05) is 49.4 Å². The summed E-state index contributed by atoms with van der Waals surface area (Å²) in [5.74, 6) is -3.57. The zero-order valence-corrected chi connectivity index (χ0v) is 27.8. The number of aliphatic hydroxyl groups is 1. The van der Waals surface area contributed by atoms with Gasteiger partial charge in [-0.2, -0.15) is 0 Å². The fraction of sp³-hybridized carbons (Fsp3) is 0.588. The molecule has 4 heterocycles. The number of cyclic esters (lactones) is 1. The molecule has 0 radical (unpaired) electrons. The first-order valence-corrected chi connectivity index (χ1v) is 16.9. The van der Waals surface area contributed by atoms with Crippen molar-refractivity contribution in [2.45, 2.75) is 95.2 Å². The highest BCUT2D eigenvalue weighted by Gasteiger charge is 2.75. The molecule has 3 amide bonds. The molecule has 1 spiro atoms. The minimum Gasteiger partial charge on any atom is -0.455 e. The second kappa shape index (κ2) is 14.2. The first-order chi connectivity index (χ1) is 21.7. The lowest BCUT2D eigenvalue weighted by atomic mass is 9.74. The van der Waals surface area contributed by atoms with E-state index in [0.717, 1.165) is 19.3 Å². The van der Waals surface area contributed by atoms with Crippen molar-refractivity contribution in [3.8, 4) is 0 Å². The number of hydrogen-bond donors (Lipinski definition) is 2. The molecule has 2 saturated heterocycles. The molecule has 8 atom stereocenters. The minimum absolute atomic E-state index is 0.184. The van der Waals surface area contributed by atoms with Crippen LogP contribution < -0.4 is 5.32 Å². The molecule has 4 aliphatic rings. The Morgan fingerprint density at radius 1 is 1.07 bits per heavy atom. The first-order valence-electron chi connectivity index (χ1n) is 16.2. The Balaban J connectivity index is 1.61. The van der Waals surface area contributed by atoms with Crippen molar-refractivity contribution in [1.29, 1.82) is 0 Å². The van der Waals surface area contributed by atoms with Gasteiger partial charge in [-0.05, 0) is 37.8 Å². The number of aliphatic hydroxyl groups excluding tert-OH is 1. The largest absolute Gasteiger partial charge is 0.455 e. The van der Waals surface area contributed by atoms with Gasteiger partial charge in [-0.3, -0.25) is 19.2 Å². The van der Waals surface area contributed by atoms with Gasteiger partial charge in [-0.25, -0.2) is 0 Å². The van der Waals surface area contributed by atoms with Crippen molar-refractivity contribution in [2.75, 3.05) is 19.7 Å². The smallest absolute Gasteiger partial charge is 0.313 e. The number of nitrogens with zero attached hydrogens (tertiary/aromatic N) is 2. The summed E-state index contributed by atoms with van der Waals surface area (Å²) in [5, 5.41) is 13.4. The van der Waals surface area contributed by atoms with E-state index in [1.165, 1.54) is 4.90 Å². The van der Waals surface area contributed by atoms with Crippen LogP contribution in [0.25, 0.3) is 0 Å². The number of allylic oxidation sites excluding steroid dienone is 1. The second-order valence-corrected chi connectivity index (χ2v) is 13.4. The highest BCUT2D eigenvalue weighted by molar-refractivity contribution is 9.11. The number of amides is 3. The van der Waals surface area contributed by atoms with Gasteiger partial charge in [0, 0.05) is 24.0 Å². The van der Waals surface area contributed by atoms with Crippen LogP contribution in [-0.4, -0.2) is 88.1 Å². The fourth-order valence-electron chi connectivity index (χ4n) is 7.27. The van der Waals surface area contributed by atoms with Gasteiger partial charge in [0.2, 0.25) is 17.7 Å². The number of hydrogen-bond acceptors (Lipinski definition) is 7. The summed E-state index contributed by atoms with van der Waals surface area (Å²) in [6, 6.07) is 6.92. The fourth-order valence-corrected chi connectivity index (χ4v) is 8.01. The van der Waals surface area contributed by atoms with Crippen molar-refractivity contribution in [3.63, 3.8) is 0 Å². The summed E-state index contributed by atoms with van der Waals surface area (Å²) in [4.78, 5) is 59.5. The monoisotopic (exact) mass is 685 g/mol. The van der Waals surface area contributed by atoms with Gasteiger partial charge in [-0.15, -0.1) is 0 Å². The van der Waals surface area contributed by atoms with Crippen LogP contribution in [-0.2, 0) is 28.7 Å². The van der Waals surface area contributed by atoms with E-state index in [-0.39, 0.29) is 24.8 Å². The normalized spacial score (nSPS) is 33.5. The summed E-state index contributed by atoms with van der Waals surface area (Å²) in [5.41, 5.74) is -0.710. The molecule has 45 heavy (non-hydrogen) atoms. The van der Waals surface area contributed by atoms with Crippen molar-refractivity contribution < 1.29 is 33.8 Å². The lowest BCUT2D eigenvalue weighted by molar-refractivity contribution is -0.162. The molecule has 2 N–H and O–H groups in total. The van der Waals surface area contributed by atoms with Crippen LogP contribution in [0.4, 0.5) is 0 Å². The van der Waals surface area contributed by atoms with Crippen LogP contribution in [0, 0.1) is 11.8 Å². The predicted octanol–water partition coefficient (Wildman–Crippen LogP) is 3.79. The zero-order valence-electron chi connectivity index (χ0n) is 26.2. The maximum Gasteiger partial charge on any atom is 0.313 e. The molecule has 0 unspecified atom stereocenters. The summed E-state index contributed by atoms with van der Waals surface area (Å²) in [6.45, 7) is 6.18. The molecule has 5 rings (SSSR count). The third kappa shape index (κ3) is 6.23. The van der Waals surface area contributed by atoms with Gasteiger partial charge in [0.15, 0.2) is 0 Å². The van der Waals surface area contributed by atoms with E-state index in [0.29, 0.717) is 36.0 Å². The highest BCUT2D eigenvalue weighted by Crippen LogP contribution is 2.59. The van der Waals surface area contributed by atoms with E-state index < -0.39 is 59.6 Å². The Morgan fingerprint density at radius 2 is 1.82 bits per heavy atom. The molecule has 0 saturated carbocycles. The number of benzene rings is 1. The molecule has 1 aromatic carbocycles. The third-order valence-corrected chi connectivity index (χ3v) is 10.2. The number of unbranched alkanes of at least 4 members (excludes halogenated alkanes) is 2. The molecular formula is C34H44BrN3O7. The van der Waals surface area contributed by atoms with Crippen molar-refractivity contribution in [2.24, 2.45) is 11.8 Å². The Labute approximate surface area is 273 Å². The van der Waals surface area contributed by atoms with E-state index in [9.17, 15) is 24.3 Å². The minimum atomic E-state index is -1.41. The number of halogens is 1. The van der Waals surface area contributed by atoms with Crippen LogP contribution in [0.1, 0.15) is 71.0 Å². The Hall–Kier alpha value is -3.02. The Morgan fingerprint density at radius 3 is 2.51 bits per heavy atom. The van der Waals surface area contributed by atoms with E-state index in [4.69, 9.17) is 9.47 Å². The lowest BCUT2D eigenvalue weighted by Gasteiger charge is -2.38. The summed E-state index contributed by atoms with van der Waals surface area (Å²) >= 11 is 3.59. The molecule has 1 aromatic rings. The van der Waals surface area contributed by atoms with Gasteiger partial charge in [0.05, 0.1) is 24.6 Å². The Bertz CT molecular complexity index is 1330. The van der Waals surface area contributed by atoms with Crippen LogP contribution >= 0.6 is 15.9 Å². The summed E-state index contributed by atoms with van der Waals surface area (Å²) in [6.07, 6.45) is 7.73. The lowest BCUT2D eigenvalue weighted by Crippen LogP contribution is -2.58. The molecule has 5 bridgehead atoms. The molecule has 4 aliphatic heterocycles. The summed E-state index contributed by atoms with van der Waals surface area (Å²) in [7, 11) is 0. The number of ether oxygens (including phenoxy) is 2. The molecule has 0 aliphatic carbocycles. The molecule has 0 aromatic heterocycles. The molecule has 2 fully saturated rings. The number of likely N-dealkylation sites (tertiary alicyclic amines) is 1. The maximum absolute atomic E-state index is 14.6. The van der Waals surface area contributed by atoms with Crippen molar-refractivity contribution >= 4 is 39.6 Å². The number of esters is 1. The first kappa shape index (κ1) is 33.3. The van der Waals surface area contributed by atoms with E-state index in [1.54, 1.807) is 17.9 Å². The van der Waals surface area contributed by atoms with Gasteiger partial charge >= 0.3 is 5.97 Å². The molecule has 11 heteroatoms. The van der Waals surface area contributed by atoms with Gasteiger partial charge in [-0.1, -0.05) is 85.1 Å². The molecular weight excluding hydrogens is 642 g/mol. The van der Waals surface area contributed by atoms with Gasteiger partial charge in [0.25, 0.3) is 0 Å². The number of rotatable bonds is 8. The van der Waals surface area contributed by atoms with Crippen LogP contribution in [0.2, 0.25) is 0 Å². The SMILES string of the molecule is CCCCCN1C/C=C\CCC(=O)N[C@@H](C)[C@H](c2ccccc2)OC(=O)[C@H]2[C@@H]3O[C@@]4(C=C3Br)[C@@H]2C(=O)N([C@@H](CC)CO)[C@@H]4C1=O. The van der Waals surface area contributed by atoms with Crippen LogP contribution in [0.5, 0.6) is 0 Å². The van der Waals surface area contributed by atoms with E-state index >= 15 is 0 Å². The standard InChI is InChI=1S/C34H44BrN3O7/c1-4-6-12-17-37-18-13-8-11-16-25(40)36-21(3)28(22-14-9-7-10-15-22)44-33(43)26-27-31(41)38(23(5-2)20-39)30(32(37)42)34(27)19-24(35)29(26)45-34/h7-10,13-15,19,21,23,26-30,39H,4-6,11-12,16-18,20H2,1-3H3,(H,36,40)/b13-8-/t21-,23-,26+,27-,28+,29+,30+,34-/m0/s1. The number of fused-ring (bicyclic) bond motifs is 2. The molecule has 10 nitrogen and oxygen atoms in total. The predicted molar refractivity (Wildman–Crippen MR) is 171 cm³/mol. The Kier molecular flexibility index (Phi) is 10.5. The third-order valence-electron chi connectivity index (χ3n) is 9.53. The van der Waals surface area contributed by atoms with Gasteiger partial charge in [0.1, 0.15) is 29.8 Å². The van der Waals surface area contributed by atoms with Crippen molar-refractivity contribution in [3.05, 3.63) is 58.6 Å². The average molecular weight is 687 g/mol. The van der Waals surface area contributed by atoms with Gasteiger partial charge < -0.3 is 29.7 Å². The average Bonchev–Trinajstić information content (AvgIpc) is 3.62. The van der Waals surface area contributed by atoms with Crippen molar-refractivity contribution in [1.82, 2.24) is 15.1 Å². The molecule has 244 valence electrons. The maximum atomic E-state index is 14.6. The number of carbonyl (C=O) groups is 4. The zero-order chi connectivity index (χ0) is 32.3. The topological polar surface area (TPSA) is 125 Å². The highest BCUT2D eigenvalue weighted by atomic mass is 79.9. The van der Waals surface area contributed by atoms with E-state index in [2.05, 4.69) is 28.2 Å². The second-order valence-electron chi connectivity index (χ2n) is 12.4. The van der Waals surface area contributed by atoms with Crippen LogP contribution in [0.3, 0.4) is 0 Å². The van der Waals surface area contributed by atoms with Crippen LogP contribution in [0.15, 0.2) is 53.0 Å². The number of carbonyl (C=O) groups excluding carboxylic acids is 4.